The number of rotatable bonds is 1. The fourth-order valence-corrected chi connectivity index (χ4v) is 1.61. The maximum Gasteiger partial charge on any atom is 0.234 e. The minimum absolute atomic E-state index is 0.103. The lowest BCUT2D eigenvalue weighted by Crippen LogP contribution is -2.36. The highest BCUT2D eigenvalue weighted by Gasteiger charge is 2.34. The second kappa shape index (κ2) is 3.05. The van der Waals surface area contributed by atoms with Gasteiger partial charge in [-0.15, -0.1) is 0 Å². The number of hydrogen-bond donors (Lipinski definition) is 2. The second-order valence-corrected chi connectivity index (χ2v) is 4.66. The zero-order valence-corrected chi connectivity index (χ0v) is 8.05. The van der Waals surface area contributed by atoms with Crippen molar-refractivity contribution in [1.29, 1.82) is 0 Å². The molecule has 2 atom stereocenters. The van der Waals surface area contributed by atoms with Crippen molar-refractivity contribution in [1.82, 2.24) is 5.32 Å². The third-order valence-corrected chi connectivity index (χ3v) is 2.70. The van der Waals surface area contributed by atoms with Gasteiger partial charge in [-0.05, 0) is 24.3 Å². The minimum Gasteiger partial charge on any atom is -0.368 e. The monoisotopic (exact) mass is 170 g/mol. The van der Waals surface area contributed by atoms with Gasteiger partial charge in [-0.2, -0.15) is 0 Å². The van der Waals surface area contributed by atoms with Gasteiger partial charge in [0, 0.05) is 0 Å². The first-order valence-corrected chi connectivity index (χ1v) is 4.44. The lowest BCUT2D eigenvalue weighted by molar-refractivity contribution is -0.119. The highest BCUT2D eigenvalue weighted by molar-refractivity contribution is 5.80. The third-order valence-electron chi connectivity index (χ3n) is 2.70. The molecule has 0 bridgehead atoms. The molecule has 1 rings (SSSR count). The molecule has 0 spiro atoms. The molecular formula is C9H18N2O. The van der Waals surface area contributed by atoms with E-state index in [2.05, 4.69) is 26.1 Å². The molecular weight excluding hydrogens is 152 g/mol. The third kappa shape index (κ3) is 1.97. The fourth-order valence-electron chi connectivity index (χ4n) is 1.61. The Morgan fingerprint density at radius 2 is 2.08 bits per heavy atom. The molecule has 1 heterocycles. The maximum absolute atomic E-state index is 10.8. The number of hydrogen-bond acceptors (Lipinski definition) is 2. The summed E-state index contributed by atoms with van der Waals surface area (Å²) in [6.45, 7) is 7.51. The van der Waals surface area contributed by atoms with Crippen LogP contribution in [0.25, 0.3) is 0 Å². The van der Waals surface area contributed by atoms with Crippen molar-refractivity contribution < 1.29 is 4.79 Å². The van der Waals surface area contributed by atoms with Crippen molar-refractivity contribution in [3.05, 3.63) is 0 Å². The minimum atomic E-state index is -0.221. The highest BCUT2D eigenvalue weighted by Crippen LogP contribution is 2.32. The Hall–Kier alpha value is -0.570. The highest BCUT2D eigenvalue weighted by atomic mass is 16.1. The van der Waals surface area contributed by atoms with Crippen molar-refractivity contribution in [2.75, 3.05) is 6.54 Å². The number of nitrogens with two attached hydrogens (primary N) is 1. The molecule has 0 saturated carbocycles. The summed E-state index contributed by atoms with van der Waals surface area (Å²) < 4.78 is 0. The van der Waals surface area contributed by atoms with Crippen LogP contribution in [0.4, 0.5) is 0 Å². The van der Waals surface area contributed by atoms with Gasteiger partial charge in [0.25, 0.3) is 0 Å². The lowest BCUT2D eigenvalue weighted by Gasteiger charge is -2.25. The molecule has 0 aliphatic carbocycles. The van der Waals surface area contributed by atoms with E-state index >= 15 is 0 Å². The number of primary amides is 1. The first-order valence-electron chi connectivity index (χ1n) is 4.44. The zero-order valence-electron chi connectivity index (χ0n) is 8.05. The summed E-state index contributed by atoms with van der Waals surface area (Å²) >= 11 is 0. The summed E-state index contributed by atoms with van der Waals surface area (Å²) in [6.07, 6.45) is 0.888. The number of carbonyl (C=O) groups is 1. The average Bonchev–Trinajstić information content (AvgIpc) is 2.30. The molecule has 0 aromatic carbocycles. The van der Waals surface area contributed by atoms with Crippen LogP contribution in [0.1, 0.15) is 27.2 Å². The number of carbonyl (C=O) groups excluding carboxylic acids is 1. The molecule has 3 N–H and O–H groups in total. The van der Waals surface area contributed by atoms with Gasteiger partial charge in [-0.3, -0.25) is 4.79 Å². The van der Waals surface area contributed by atoms with E-state index in [0.717, 1.165) is 13.0 Å². The Kier molecular flexibility index (Phi) is 2.42. The Bertz CT molecular complexity index is 183. The predicted molar refractivity (Wildman–Crippen MR) is 48.5 cm³/mol. The van der Waals surface area contributed by atoms with E-state index in [-0.39, 0.29) is 17.4 Å². The Morgan fingerprint density at radius 1 is 1.50 bits per heavy atom. The van der Waals surface area contributed by atoms with Gasteiger partial charge in [0.1, 0.15) is 0 Å². The van der Waals surface area contributed by atoms with Gasteiger partial charge in [0.15, 0.2) is 0 Å². The van der Waals surface area contributed by atoms with Gasteiger partial charge in [0.05, 0.1) is 6.04 Å². The van der Waals surface area contributed by atoms with Crippen LogP contribution in [-0.4, -0.2) is 18.5 Å². The van der Waals surface area contributed by atoms with E-state index in [1.54, 1.807) is 0 Å². The van der Waals surface area contributed by atoms with Gasteiger partial charge < -0.3 is 11.1 Å². The summed E-state index contributed by atoms with van der Waals surface area (Å²) in [4.78, 5) is 10.8. The van der Waals surface area contributed by atoms with Crippen molar-refractivity contribution in [2.24, 2.45) is 17.1 Å². The SMILES string of the molecule is CC(C)(C)[C@H]1CN[C@H](C(N)=O)C1. The Balaban J connectivity index is 2.51. The second-order valence-electron chi connectivity index (χ2n) is 4.66. The summed E-state index contributed by atoms with van der Waals surface area (Å²) in [5.41, 5.74) is 5.48. The van der Waals surface area contributed by atoms with Gasteiger partial charge in [0.2, 0.25) is 5.91 Å². The van der Waals surface area contributed by atoms with E-state index in [1.165, 1.54) is 0 Å². The van der Waals surface area contributed by atoms with E-state index in [4.69, 9.17) is 5.73 Å². The smallest absolute Gasteiger partial charge is 0.234 e. The molecule has 0 aromatic heterocycles. The largest absolute Gasteiger partial charge is 0.368 e. The van der Waals surface area contributed by atoms with Crippen LogP contribution < -0.4 is 11.1 Å². The Labute approximate surface area is 73.7 Å². The average molecular weight is 170 g/mol. The van der Waals surface area contributed by atoms with Gasteiger partial charge >= 0.3 is 0 Å². The van der Waals surface area contributed by atoms with Crippen LogP contribution in [0.3, 0.4) is 0 Å². The summed E-state index contributed by atoms with van der Waals surface area (Å²) in [6, 6.07) is -0.103. The molecule has 3 heteroatoms. The molecule has 70 valence electrons. The van der Waals surface area contributed by atoms with Crippen molar-refractivity contribution in [3.8, 4) is 0 Å². The van der Waals surface area contributed by atoms with E-state index in [1.807, 2.05) is 0 Å². The van der Waals surface area contributed by atoms with Crippen LogP contribution in [0.5, 0.6) is 0 Å². The van der Waals surface area contributed by atoms with Gasteiger partial charge in [-0.1, -0.05) is 20.8 Å². The molecule has 0 unspecified atom stereocenters. The molecule has 1 aliphatic rings. The van der Waals surface area contributed by atoms with Gasteiger partial charge in [-0.25, -0.2) is 0 Å². The number of amides is 1. The van der Waals surface area contributed by atoms with E-state index in [0.29, 0.717) is 5.92 Å². The molecule has 3 nitrogen and oxygen atoms in total. The first kappa shape index (κ1) is 9.52. The predicted octanol–water partition coefficient (Wildman–Crippen LogP) is 0.496. The van der Waals surface area contributed by atoms with Crippen LogP contribution in [0.2, 0.25) is 0 Å². The normalized spacial score (nSPS) is 30.6. The van der Waals surface area contributed by atoms with E-state index in [9.17, 15) is 4.79 Å². The lowest BCUT2D eigenvalue weighted by atomic mass is 9.79. The van der Waals surface area contributed by atoms with Crippen LogP contribution in [-0.2, 0) is 4.79 Å². The summed E-state index contributed by atoms with van der Waals surface area (Å²) in [7, 11) is 0. The molecule has 1 amide bonds. The quantitative estimate of drug-likeness (QED) is 0.602. The molecule has 1 saturated heterocycles. The Morgan fingerprint density at radius 3 is 2.33 bits per heavy atom. The van der Waals surface area contributed by atoms with Crippen LogP contribution in [0, 0.1) is 11.3 Å². The number of nitrogens with one attached hydrogen (secondary N) is 1. The standard InChI is InChI=1S/C9H18N2O/c1-9(2,3)6-4-7(8(10)12)11-5-6/h6-7,11H,4-5H2,1-3H3,(H2,10,12)/t6-,7+/m1/s1. The van der Waals surface area contributed by atoms with Crippen LogP contribution >= 0.6 is 0 Å². The first-order chi connectivity index (χ1) is 5.41. The summed E-state index contributed by atoms with van der Waals surface area (Å²) in [5.74, 6) is 0.344. The van der Waals surface area contributed by atoms with Crippen molar-refractivity contribution >= 4 is 5.91 Å². The molecule has 0 radical (unpaired) electrons. The molecule has 12 heavy (non-hydrogen) atoms. The molecule has 1 aliphatic heterocycles. The van der Waals surface area contributed by atoms with Crippen LogP contribution in [0.15, 0.2) is 0 Å². The zero-order chi connectivity index (χ0) is 9.35. The van der Waals surface area contributed by atoms with E-state index < -0.39 is 0 Å². The maximum atomic E-state index is 10.8. The molecule has 1 fully saturated rings. The fraction of sp³-hybridized carbons (Fsp3) is 0.889. The summed E-state index contributed by atoms with van der Waals surface area (Å²) in [5, 5.41) is 3.14. The molecule has 0 aromatic rings. The topological polar surface area (TPSA) is 55.1 Å². The van der Waals surface area contributed by atoms with Crippen molar-refractivity contribution in [2.45, 2.75) is 33.2 Å². The van der Waals surface area contributed by atoms with Crippen molar-refractivity contribution in [3.63, 3.8) is 0 Å².